The highest BCUT2D eigenvalue weighted by Crippen LogP contribution is 2.24. The molecule has 0 amide bonds. The van der Waals surface area contributed by atoms with Crippen LogP contribution in [0.25, 0.3) is 10.9 Å². The number of nitrogens with two attached hydrogens (primary N) is 1. The Morgan fingerprint density at radius 1 is 1.54 bits per heavy atom. The number of fused-ring (bicyclic) bond motifs is 1. The summed E-state index contributed by atoms with van der Waals surface area (Å²) in [5.74, 6) is 0.0960. The summed E-state index contributed by atoms with van der Waals surface area (Å²) in [5, 5.41) is 14.5. The predicted molar refractivity (Wildman–Crippen MR) is 45.1 cm³/mol. The van der Waals surface area contributed by atoms with Crippen LogP contribution in [0.5, 0.6) is 0 Å². The van der Waals surface area contributed by atoms with Crippen molar-refractivity contribution >= 4 is 22.5 Å². The van der Waals surface area contributed by atoms with Crippen LogP contribution in [0.3, 0.4) is 0 Å². The molecule has 6 nitrogen and oxygen atoms in total. The second kappa shape index (κ2) is 2.44. The number of nitrogen functional groups attached to an aromatic ring is 1. The fourth-order valence-electron chi connectivity index (χ4n) is 1.06. The standard InChI is InChI=1S/C7H5N3O3/c8-7-5-3-4(10(11)12)1-2-6(5)9-13-7/h1-3H,8H2. The van der Waals surface area contributed by atoms with Gasteiger partial charge >= 0.3 is 0 Å². The third kappa shape index (κ3) is 1.08. The number of aromatic nitrogens is 1. The van der Waals surface area contributed by atoms with Crippen LogP contribution in [-0.4, -0.2) is 10.1 Å². The zero-order chi connectivity index (χ0) is 9.42. The number of anilines is 1. The van der Waals surface area contributed by atoms with Gasteiger partial charge in [-0.05, 0) is 6.07 Å². The number of non-ortho nitro benzene ring substituents is 1. The second-order valence-corrected chi connectivity index (χ2v) is 2.51. The lowest BCUT2D eigenvalue weighted by Gasteiger charge is -1.89. The molecule has 2 aromatic rings. The number of hydrogen-bond donors (Lipinski definition) is 1. The van der Waals surface area contributed by atoms with Crippen LogP contribution in [-0.2, 0) is 0 Å². The topological polar surface area (TPSA) is 95.2 Å². The van der Waals surface area contributed by atoms with Crippen molar-refractivity contribution in [3.63, 3.8) is 0 Å². The summed E-state index contributed by atoms with van der Waals surface area (Å²) in [6.45, 7) is 0. The minimum atomic E-state index is -0.494. The Morgan fingerprint density at radius 2 is 2.31 bits per heavy atom. The Kier molecular flexibility index (Phi) is 1.42. The first-order chi connectivity index (χ1) is 6.18. The molecule has 0 spiro atoms. The van der Waals surface area contributed by atoms with Crippen molar-refractivity contribution in [3.05, 3.63) is 28.3 Å². The molecule has 0 aliphatic carbocycles. The minimum Gasteiger partial charge on any atom is -0.367 e. The van der Waals surface area contributed by atoms with E-state index in [9.17, 15) is 10.1 Å². The maximum absolute atomic E-state index is 10.4. The molecule has 0 saturated heterocycles. The fourth-order valence-corrected chi connectivity index (χ4v) is 1.06. The molecular formula is C7H5N3O3. The van der Waals surface area contributed by atoms with Gasteiger partial charge in [0.05, 0.1) is 10.3 Å². The molecule has 0 radical (unpaired) electrons. The van der Waals surface area contributed by atoms with Gasteiger partial charge in [0.2, 0.25) is 5.88 Å². The predicted octanol–water partition coefficient (Wildman–Crippen LogP) is 1.32. The van der Waals surface area contributed by atoms with Crippen LogP contribution in [0.15, 0.2) is 22.7 Å². The zero-order valence-corrected chi connectivity index (χ0v) is 6.43. The quantitative estimate of drug-likeness (QED) is 0.526. The summed E-state index contributed by atoms with van der Waals surface area (Å²) in [4.78, 5) is 9.90. The first-order valence-corrected chi connectivity index (χ1v) is 3.48. The molecule has 13 heavy (non-hydrogen) atoms. The molecule has 0 aliphatic rings. The fraction of sp³-hybridized carbons (Fsp3) is 0. The summed E-state index contributed by atoms with van der Waals surface area (Å²) in [5.41, 5.74) is 5.88. The molecule has 0 fully saturated rings. The van der Waals surface area contributed by atoms with Crippen LogP contribution in [0.2, 0.25) is 0 Å². The lowest BCUT2D eigenvalue weighted by Crippen LogP contribution is -1.87. The number of nitro groups is 1. The number of rotatable bonds is 1. The number of nitrogens with zero attached hydrogens (tertiary/aromatic N) is 2. The number of hydrogen-bond acceptors (Lipinski definition) is 5. The van der Waals surface area contributed by atoms with Gasteiger partial charge in [0, 0.05) is 12.1 Å². The largest absolute Gasteiger partial charge is 0.367 e. The average Bonchev–Trinajstić information content (AvgIpc) is 2.47. The van der Waals surface area contributed by atoms with Gasteiger partial charge in [-0.1, -0.05) is 5.16 Å². The van der Waals surface area contributed by atoms with Crippen LogP contribution < -0.4 is 5.73 Å². The highest BCUT2D eigenvalue weighted by Gasteiger charge is 2.10. The molecule has 1 heterocycles. The van der Waals surface area contributed by atoms with Crippen molar-refractivity contribution < 1.29 is 9.45 Å². The molecular weight excluding hydrogens is 174 g/mol. The molecule has 0 atom stereocenters. The van der Waals surface area contributed by atoms with Gasteiger partial charge in [-0.15, -0.1) is 0 Å². The molecule has 0 aliphatic heterocycles. The van der Waals surface area contributed by atoms with Crippen LogP contribution in [0.4, 0.5) is 11.6 Å². The van der Waals surface area contributed by atoms with Crippen molar-refractivity contribution in [2.45, 2.75) is 0 Å². The van der Waals surface area contributed by atoms with Crippen molar-refractivity contribution in [1.29, 1.82) is 0 Å². The molecule has 2 N–H and O–H groups in total. The van der Waals surface area contributed by atoms with Gasteiger partial charge in [0.25, 0.3) is 5.69 Å². The van der Waals surface area contributed by atoms with Crippen molar-refractivity contribution in [2.24, 2.45) is 0 Å². The lowest BCUT2D eigenvalue weighted by atomic mass is 10.2. The Bertz CT molecular complexity index is 477. The second-order valence-electron chi connectivity index (χ2n) is 2.51. The first kappa shape index (κ1) is 7.53. The third-order valence-electron chi connectivity index (χ3n) is 1.70. The SMILES string of the molecule is Nc1onc2ccc([N+](=O)[O-])cc12. The van der Waals surface area contributed by atoms with E-state index in [1.165, 1.54) is 18.2 Å². The maximum Gasteiger partial charge on any atom is 0.270 e. The van der Waals surface area contributed by atoms with Gasteiger partial charge in [-0.3, -0.25) is 10.1 Å². The van der Waals surface area contributed by atoms with E-state index in [-0.39, 0.29) is 11.6 Å². The molecule has 0 unspecified atom stereocenters. The van der Waals surface area contributed by atoms with E-state index in [0.29, 0.717) is 10.9 Å². The average molecular weight is 179 g/mol. The summed E-state index contributed by atoms with van der Waals surface area (Å²) in [7, 11) is 0. The van der Waals surface area contributed by atoms with E-state index in [1.54, 1.807) is 0 Å². The van der Waals surface area contributed by atoms with Gasteiger partial charge in [0.15, 0.2) is 0 Å². The summed E-state index contributed by atoms with van der Waals surface area (Å²) >= 11 is 0. The Hall–Kier alpha value is -2.11. The van der Waals surface area contributed by atoms with Gasteiger partial charge < -0.3 is 10.3 Å². The first-order valence-electron chi connectivity index (χ1n) is 3.48. The molecule has 2 rings (SSSR count). The number of benzene rings is 1. The Balaban J connectivity index is 2.72. The van der Waals surface area contributed by atoms with Crippen molar-refractivity contribution in [2.75, 3.05) is 5.73 Å². The Labute approximate surface area is 72.1 Å². The smallest absolute Gasteiger partial charge is 0.270 e. The molecule has 1 aromatic carbocycles. The maximum atomic E-state index is 10.4. The van der Waals surface area contributed by atoms with Crippen molar-refractivity contribution in [1.82, 2.24) is 5.16 Å². The summed E-state index contributed by atoms with van der Waals surface area (Å²) in [6, 6.07) is 4.18. The normalized spacial score (nSPS) is 10.5. The van der Waals surface area contributed by atoms with E-state index < -0.39 is 4.92 Å². The zero-order valence-electron chi connectivity index (χ0n) is 6.43. The summed E-state index contributed by atoms with van der Waals surface area (Å²) < 4.78 is 4.65. The van der Waals surface area contributed by atoms with Gasteiger partial charge in [-0.2, -0.15) is 0 Å². The molecule has 6 heteroatoms. The minimum absolute atomic E-state index is 0.0256. The molecule has 0 saturated carbocycles. The van der Waals surface area contributed by atoms with E-state index in [4.69, 9.17) is 5.73 Å². The lowest BCUT2D eigenvalue weighted by molar-refractivity contribution is -0.384. The number of nitro benzene ring substituents is 1. The monoisotopic (exact) mass is 179 g/mol. The molecule has 0 bridgehead atoms. The van der Waals surface area contributed by atoms with E-state index in [0.717, 1.165) is 0 Å². The van der Waals surface area contributed by atoms with Crippen molar-refractivity contribution in [3.8, 4) is 0 Å². The summed E-state index contributed by atoms with van der Waals surface area (Å²) in [6.07, 6.45) is 0. The van der Waals surface area contributed by atoms with Crippen LogP contribution in [0.1, 0.15) is 0 Å². The van der Waals surface area contributed by atoms with E-state index in [2.05, 4.69) is 9.68 Å². The third-order valence-corrected chi connectivity index (χ3v) is 1.70. The van der Waals surface area contributed by atoms with E-state index in [1.807, 2.05) is 0 Å². The highest BCUT2D eigenvalue weighted by atomic mass is 16.6. The Morgan fingerprint density at radius 3 is 3.00 bits per heavy atom. The van der Waals surface area contributed by atoms with Crippen LogP contribution >= 0.6 is 0 Å². The molecule has 1 aromatic heterocycles. The van der Waals surface area contributed by atoms with Crippen LogP contribution in [0, 0.1) is 10.1 Å². The molecule has 66 valence electrons. The van der Waals surface area contributed by atoms with E-state index >= 15 is 0 Å². The highest BCUT2D eigenvalue weighted by molar-refractivity contribution is 5.88. The van der Waals surface area contributed by atoms with Gasteiger partial charge in [-0.25, -0.2) is 0 Å². The van der Waals surface area contributed by atoms with Gasteiger partial charge in [0.1, 0.15) is 5.52 Å².